The summed E-state index contributed by atoms with van der Waals surface area (Å²) in [7, 11) is 0. The molecule has 0 aliphatic heterocycles. The lowest BCUT2D eigenvalue weighted by molar-refractivity contribution is 0.443. The van der Waals surface area contributed by atoms with Gasteiger partial charge in [0.15, 0.2) is 0 Å². The second-order valence-electron chi connectivity index (χ2n) is 20.5. The summed E-state index contributed by atoms with van der Waals surface area (Å²) < 4.78 is 0. The van der Waals surface area contributed by atoms with Crippen LogP contribution in [0, 0.1) is 0 Å². The molecule has 4 aliphatic rings. The first kappa shape index (κ1) is 40.6. The van der Waals surface area contributed by atoms with Crippen molar-refractivity contribution in [1.82, 2.24) is 0 Å². The largest absolute Gasteiger partial charge is 0.310 e. The topological polar surface area (TPSA) is 3.24 Å². The molecule has 4 aliphatic carbocycles. The van der Waals surface area contributed by atoms with Crippen LogP contribution in [0.5, 0.6) is 0 Å². The first-order valence-corrected chi connectivity index (χ1v) is 25.8. The van der Waals surface area contributed by atoms with Crippen molar-refractivity contribution in [1.29, 1.82) is 0 Å². The Kier molecular flexibility index (Phi) is 8.94. The monoisotopic (exact) mass is 905 g/mol. The highest BCUT2D eigenvalue weighted by Gasteiger charge is 2.51. The summed E-state index contributed by atoms with van der Waals surface area (Å²) in [6.07, 6.45) is 6.54. The minimum atomic E-state index is -0.539. The molecule has 336 valence electrons. The van der Waals surface area contributed by atoms with E-state index in [1.165, 1.54) is 137 Å². The smallest absolute Gasteiger partial charge is 0.0726 e. The molecule has 11 aromatic rings. The van der Waals surface area contributed by atoms with Crippen molar-refractivity contribution in [3.63, 3.8) is 0 Å². The Morgan fingerprint density at radius 1 is 0.324 bits per heavy atom. The van der Waals surface area contributed by atoms with Gasteiger partial charge in [-0.25, -0.2) is 0 Å². The molecule has 1 unspecified atom stereocenters. The number of hydrogen-bond acceptors (Lipinski definition) is 1. The average molecular weight is 906 g/mol. The molecule has 1 fully saturated rings. The molecule has 1 nitrogen and oxygen atoms in total. The maximum Gasteiger partial charge on any atom is 0.0726 e. The number of rotatable bonds is 6. The molecule has 0 radical (unpaired) electrons. The normalized spacial score (nSPS) is 16.8. The lowest BCUT2D eigenvalue weighted by atomic mass is 9.61. The van der Waals surface area contributed by atoms with Crippen molar-refractivity contribution in [3.8, 4) is 33.4 Å². The van der Waals surface area contributed by atoms with Crippen LogP contribution in [0.25, 0.3) is 54.9 Å². The first-order valence-electron chi connectivity index (χ1n) is 25.8. The second kappa shape index (κ2) is 15.6. The summed E-state index contributed by atoms with van der Waals surface area (Å²) in [6.45, 7) is 0. The standard InChI is InChI=1S/C70H51N/c1-4-19-46(20-5-1)49-37-41-64-59(43-49)58-32-16-23-48-24-17-35-65(68(48)58)70(64)62-34-15-12-30-55(62)57-40-38-53(45-66(57)70)71(67-36-18-22-47-21-10-11-29-54(47)67)52-39-42-63-60(44-52)56-31-13-14-33-61(56)69(63,50-25-6-2-7-26-50)51-27-8-3-9-28-51/h2-3,6-18,21-46H,1,4-5,19-20H2. The Morgan fingerprint density at radius 2 is 0.845 bits per heavy atom. The molecule has 0 saturated heterocycles. The van der Waals surface area contributed by atoms with E-state index in [1.807, 2.05) is 0 Å². The highest BCUT2D eigenvalue weighted by molar-refractivity contribution is 6.08. The second-order valence-corrected chi connectivity index (χ2v) is 20.5. The van der Waals surface area contributed by atoms with Gasteiger partial charge in [0.25, 0.3) is 0 Å². The molecule has 71 heavy (non-hydrogen) atoms. The van der Waals surface area contributed by atoms with Crippen LogP contribution >= 0.6 is 0 Å². The lowest BCUT2D eigenvalue weighted by Crippen LogP contribution is -2.32. The number of fused-ring (bicyclic) bond motifs is 13. The Bertz CT molecular complexity index is 3880. The van der Waals surface area contributed by atoms with E-state index in [0.29, 0.717) is 5.92 Å². The molecular weight excluding hydrogens is 855 g/mol. The minimum absolute atomic E-state index is 0.481. The van der Waals surface area contributed by atoms with Gasteiger partial charge in [-0.2, -0.15) is 0 Å². The maximum atomic E-state index is 2.61. The van der Waals surface area contributed by atoms with E-state index in [9.17, 15) is 0 Å². The Morgan fingerprint density at radius 3 is 1.63 bits per heavy atom. The molecular formula is C70H51N. The molecule has 15 rings (SSSR count). The van der Waals surface area contributed by atoms with Gasteiger partial charge in [-0.1, -0.05) is 232 Å². The van der Waals surface area contributed by atoms with E-state index < -0.39 is 10.8 Å². The van der Waals surface area contributed by atoms with Crippen molar-refractivity contribution in [2.45, 2.75) is 48.9 Å². The van der Waals surface area contributed by atoms with Crippen LogP contribution in [0.4, 0.5) is 17.1 Å². The van der Waals surface area contributed by atoms with Gasteiger partial charge < -0.3 is 4.90 Å². The predicted molar refractivity (Wildman–Crippen MR) is 296 cm³/mol. The summed E-state index contributed by atoms with van der Waals surface area (Å²) in [5.41, 5.74) is 22.4. The van der Waals surface area contributed by atoms with E-state index in [1.54, 1.807) is 0 Å². The zero-order valence-corrected chi connectivity index (χ0v) is 39.7. The highest BCUT2D eigenvalue weighted by atomic mass is 15.1. The van der Waals surface area contributed by atoms with E-state index in [4.69, 9.17) is 0 Å². The van der Waals surface area contributed by atoms with Gasteiger partial charge in [0, 0.05) is 16.8 Å². The van der Waals surface area contributed by atoms with Crippen LogP contribution < -0.4 is 4.90 Å². The number of hydrogen-bond donors (Lipinski definition) is 0. The van der Waals surface area contributed by atoms with E-state index >= 15 is 0 Å². The third-order valence-electron chi connectivity index (χ3n) is 17.1. The lowest BCUT2D eigenvalue weighted by Gasteiger charge is -2.41. The fraction of sp³-hybridized carbons (Fsp3) is 0.114. The van der Waals surface area contributed by atoms with Crippen LogP contribution in [0.3, 0.4) is 0 Å². The zero-order valence-electron chi connectivity index (χ0n) is 39.7. The highest BCUT2D eigenvalue weighted by Crippen LogP contribution is 2.63. The fourth-order valence-electron chi connectivity index (χ4n) is 14.2. The molecule has 0 aromatic heterocycles. The molecule has 1 atom stereocenters. The van der Waals surface area contributed by atoms with Crippen LogP contribution in [0.1, 0.15) is 88.1 Å². The van der Waals surface area contributed by atoms with Crippen LogP contribution in [-0.4, -0.2) is 0 Å². The number of anilines is 3. The van der Waals surface area contributed by atoms with Gasteiger partial charge in [0.1, 0.15) is 0 Å². The molecule has 1 saturated carbocycles. The van der Waals surface area contributed by atoms with Crippen LogP contribution in [0.2, 0.25) is 0 Å². The Balaban J connectivity index is 1.01. The minimum Gasteiger partial charge on any atom is -0.310 e. The van der Waals surface area contributed by atoms with Crippen molar-refractivity contribution in [2.24, 2.45) is 0 Å². The Labute approximate surface area is 416 Å². The van der Waals surface area contributed by atoms with Crippen LogP contribution in [-0.2, 0) is 10.8 Å². The zero-order chi connectivity index (χ0) is 46.7. The van der Waals surface area contributed by atoms with Gasteiger partial charge in [-0.15, -0.1) is 0 Å². The molecule has 0 N–H and O–H groups in total. The number of nitrogens with zero attached hydrogens (tertiary/aromatic N) is 1. The summed E-state index contributed by atoms with van der Waals surface area (Å²) in [6, 6.07) is 92.8. The molecule has 11 aromatic carbocycles. The third kappa shape index (κ3) is 5.64. The average Bonchev–Trinajstić information content (AvgIpc) is 3.91. The Hall–Kier alpha value is -8.26. The predicted octanol–water partition coefficient (Wildman–Crippen LogP) is 18.2. The van der Waals surface area contributed by atoms with Crippen molar-refractivity contribution < 1.29 is 0 Å². The summed E-state index contributed by atoms with van der Waals surface area (Å²) >= 11 is 0. The summed E-state index contributed by atoms with van der Waals surface area (Å²) in [5.74, 6) is 0.607. The quantitative estimate of drug-likeness (QED) is 0.161. The van der Waals surface area contributed by atoms with Gasteiger partial charge >= 0.3 is 0 Å². The summed E-state index contributed by atoms with van der Waals surface area (Å²) in [5, 5.41) is 5.11. The van der Waals surface area contributed by atoms with Gasteiger partial charge in [0.05, 0.1) is 16.5 Å². The van der Waals surface area contributed by atoms with Gasteiger partial charge in [-0.3, -0.25) is 0 Å². The molecule has 1 heteroatoms. The maximum absolute atomic E-state index is 2.61. The van der Waals surface area contributed by atoms with E-state index in [-0.39, 0.29) is 0 Å². The fourth-order valence-corrected chi connectivity index (χ4v) is 14.2. The van der Waals surface area contributed by atoms with Gasteiger partial charge in [0.2, 0.25) is 0 Å². The van der Waals surface area contributed by atoms with Crippen molar-refractivity contribution in [2.75, 3.05) is 4.90 Å². The van der Waals surface area contributed by atoms with Gasteiger partial charge in [-0.05, 0) is 149 Å². The molecule has 0 amide bonds. The van der Waals surface area contributed by atoms with Crippen molar-refractivity contribution in [3.05, 3.63) is 293 Å². The molecule has 1 spiro atoms. The third-order valence-corrected chi connectivity index (χ3v) is 17.1. The van der Waals surface area contributed by atoms with Crippen LogP contribution in [0.15, 0.2) is 243 Å². The molecule has 0 heterocycles. The van der Waals surface area contributed by atoms with Crippen molar-refractivity contribution >= 4 is 38.6 Å². The molecule has 0 bridgehead atoms. The summed E-state index contributed by atoms with van der Waals surface area (Å²) in [4.78, 5) is 2.55. The van der Waals surface area contributed by atoms with E-state index in [2.05, 4.69) is 248 Å². The number of benzene rings is 11. The van der Waals surface area contributed by atoms with E-state index in [0.717, 1.165) is 17.1 Å². The SMILES string of the molecule is c1ccc(C2(c3ccccc3)c3ccccc3-c3cc(N(c4ccc5c(c4)C4(c6ccccc6-5)c5ccc(C6CCCCC6)cc5-c5cccc6cccc4c56)c4cccc5ccccc45)ccc32)cc1. The first-order chi connectivity index (χ1) is 35.2.